The first-order chi connectivity index (χ1) is 6.52. The van der Waals surface area contributed by atoms with E-state index >= 15 is 0 Å². The minimum atomic E-state index is -0.186. The Kier molecular flexibility index (Phi) is 2.82. The van der Waals surface area contributed by atoms with Gasteiger partial charge in [0.2, 0.25) is 0 Å². The molecule has 14 heavy (non-hydrogen) atoms. The zero-order chi connectivity index (χ0) is 10.4. The third kappa shape index (κ3) is 1.59. The van der Waals surface area contributed by atoms with Crippen LogP contribution in [0.4, 0.5) is 4.39 Å². The number of benzene rings is 1. The molecule has 1 fully saturated rings. The maximum Gasteiger partial charge on any atom is 0.123 e. The predicted octanol–water partition coefficient (Wildman–Crippen LogP) is 4.35. The first kappa shape index (κ1) is 11.1. The van der Waals surface area contributed by atoms with Gasteiger partial charge in [0.1, 0.15) is 5.82 Å². The van der Waals surface area contributed by atoms with Gasteiger partial charge in [-0.25, -0.2) is 4.39 Å². The summed E-state index contributed by atoms with van der Waals surface area (Å²) in [6, 6.07) is 6.71. The normalized spacial score (nSPS) is 28.9. The van der Waals surface area contributed by atoms with Gasteiger partial charge in [0.15, 0.2) is 0 Å². The van der Waals surface area contributed by atoms with Crippen molar-refractivity contribution in [2.75, 3.05) is 5.33 Å². The van der Waals surface area contributed by atoms with Gasteiger partial charge in [0, 0.05) is 10.7 Å². The Labute approximate surface area is 108 Å². The lowest BCUT2D eigenvalue weighted by Gasteiger charge is -2.15. The van der Waals surface area contributed by atoms with Gasteiger partial charge in [0.05, 0.1) is 3.23 Å². The molecule has 0 amide bonds. The molecule has 1 aromatic carbocycles. The van der Waals surface area contributed by atoms with Gasteiger partial charge in [-0.2, -0.15) is 0 Å². The van der Waals surface area contributed by atoms with E-state index < -0.39 is 0 Å². The summed E-state index contributed by atoms with van der Waals surface area (Å²) in [5.41, 5.74) is 1.21. The summed E-state index contributed by atoms with van der Waals surface area (Å²) in [6.45, 7) is 0. The highest BCUT2D eigenvalue weighted by atomic mass is 79.9. The van der Waals surface area contributed by atoms with E-state index in [1.807, 2.05) is 12.1 Å². The molecule has 0 bridgehead atoms. The molecule has 1 saturated carbocycles. The largest absolute Gasteiger partial charge is 0.207 e. The van der Waals surface area contributed by atoms with Gasteiger partial charge in [-0.15, -0.1) is 0 Å². The van der Waals surface area contributed by atoms with Gasteiger partial charge in [-0.05, 0) is 24.1 Å². The van der Waals surface area contributed by atoms with Crippen molar-refractivity contribution in [1.29, 1.82) is 0 Å². The highest BCUT2D eigenvalue weighted by Crippen LogP contribution is 2.67. The molecule has 0 radical (unpaired) electrons. The molecule has 0 spiro atoms. The zero-order valence-electron chi connectivity index (χ0n) is 7.24. The smallest absolute Gasteiger partial charge is 0.123 e. The summed E-state index contributed by atoms with van der Waals surface area (Å²) >= 11 is 10.7. The molecule has 2 rings (SSSR count). The van der Waals surface area contributed by atoms with Gasteiger partial charge in [0.25, 0.3) is 0 Å². The second-order valence-electron chi connectivity index (χ2n) is 3.60. The first-order valence-electron chi connectivity index (χ1n) is 4.22. The van der Waals surface area contributed by atoms with Crippen LogP contribution in [0.3, 0.4) is 0 Å². The van der Waals surface area contributed by atoms with Crippen LogP contribution < -0.4 is 0 Å². The van der Waals surface area contributed by atoms with Crippen LogP contribution in [0.1, 0.15) is 12.0 Å². The lowest BCUT2D eigenvalue weighted by Crippen LogP contribution is -2.15. The summed E-state index contributed by atoms with van der Waals surface area (Å²) in [6.07, 6.45) is 1.01. The summed E-state index contributed by atoms with van der Waals surface area (Å²) in [5.74, 6) is -0.186. The van der Waals surface area contributed by atoms with E-state index in [0.717, 1.165) is 17.3 Å². The summed E-state index contributed by atoms with van der Waals surface area (Å²) < 4.78 is 12.7. The molecule has 4 heteroatoms. The maximum absolute atomic E-state index is 12.8. The van der Waals surface area contributed by atoms with Crippen molar-refractivity contribution in [1.82, 2.24) is 0 Å². The van der Waals surface area contributed by atoms with Gasteiger partial charge < -0.3 is 0 Å². The monoisotopic (exact) mass is 384 g/mol. The van der Waals surface area contributed by atoms with Crippen LogP contribution in [0.25, 0.3) is 0 Å². The van der Waals surface area contributed by atoms with E-state index in [4.69, 9.17) is 0 Å². The minimum absolute atomic E-state index is 0.0334. The molecule has 1 atom stereocenters. The van der Waals surface area contributed by atoms with Crippen LogP contribution in [0.2, 0.25) is 0 Å². The molecule has 0 heterocycles. The lowest BCUT2D eigenvalue weighted by molar-refractivity contribution is 0.625. The molecular formula is C10H8Br3F. The van der Waals surface area contributed by atoms with Crippen molar-refractivity contribution in [2.24, 2.45) is 0 Å². The molecule has 1 aromatic rings. The molecule has 76 valence electrons. The summed E-state index contributed by atoms with van der Waals surface area (Å²) in [7, 11) is 0. The molecule has 1 aliphatic carbocycles. The van der Waals surface area contributed by atoms with Crippen LogP contribution in [0.15, 0.2) is 24.3 Å². The van der Waals surface area contributed by atoms with Crippen LogP contribution in [0.5, 0.6) is 0 Å². The summed E-state index contributed by atoms with van der Waals surface area (Å²) in [4.78, 5) is 0. The molecular weight excluding hydrogens is 379 g/mol. The molecule has 0 N–H and O–H groups in total. The highest BCUT2D eigenvalue weighted by molar-refractivity contribution is 9.25. The van der Waals surface area contributed by atoms with Crippen LogP contribution in [0, 0.1) is 5.82 Å². The van der Waals surface area contributed by atoms with Crippen molar-refractivity contribution in [3.05, 3.63) is 35.6 Å². The average molecular weight is 387 g/mol. The highest BCUT2D eigenvalue weighted by Gasteiger charge is 2.65. The van der Waals surface area contributed by atoms with Crippen molar-refractivity contribution < 1.29 is 4.39 Å². The topological polar surface area (TPSA) is 0 Å². The Morgan fingerprint density at radius 3 is 2.07 bits per heavy atom. The Morgan fingerprint density at radius 1 is 1.21 bits per heavy atom. The molecule has 0 aromatic heterocycles. The first-order valence-corrected chi connectivity index (χ1v) is 6.92. The fourth-order valence-electron chi connectivity index (χ4n) is 1.64. The number of halogens is 4. The fraction of sp³-hybridized carbons (Fsp3) is 0.400. The van der Waals surface area contributed by atoms with Gasteiger partial charge in [-0.1, -0.05) is 59.9 Å². The Bertz CT molecular complexity index is 347. The van der Waals surface area contributed by atoms with E-state index in [9.17, 15) is 4.39 Å². The number of hydrogen-bond donors (Lipinski definition) is 0. The minimum Gasteiger partial charge on any atom is -0.207 e. The Balaban J connectivity index is 2.36. The van der Waals surface area contributed by atoms with E-state index in [1.54, 1.807) is 0 Å². The zero-order valence-corrected chi connectivity index (χ0v) is 12.0. The molecule has 1 unspecified atom stereocenters. The third-order valence-corrected chi connectivity index (χ3v) is 5.76. The molecule has 1 aliphatic rings. The van der Waals surface area contributed by atoms with Crippen LogP contribution >= 0.6 is 47.8 Å². The summed E-state index contributed by atoms with van der Waals surface area (Å²) in [5, 5.41) is 0.863. The molecule has 0 nitrogen and oxygen atoms in total. The van der Waals surface area contributed by atoms with Gasteiger partial charge in [-0.3, -0.25) is 0 Å². The van der Waals surface area contributed by atoms with Crippen molar-refractivity contribution >= 4 is 47.8 Å². The standard InChI is InChI=1S/C10H8Br3F/c11-6-9(5-10(9,12)13)7-1-3-8(14)4-2-7/h1-4H,5-6H2. The number of hydrogen-bond acceptors (Lipinski definition) is 0. The second-order valence-corrected chi connectivity index (χ2v) is 7.94. The molecule has 0 aliphatic heterocycles. The Morgan fingerprint density at radius 2 is 1.71 bits per heavy atom. The second kappa shape index (κ2) is 3.56. The lowest BCUT2D eigenvalue weighted by atomic mass is 9.98. The van der Waals surface area contributed by atoms with Crippen LogP contribution in [-0.4, -0.2) is 8.56 Å². The third-order valence-electron chi connectivity index (χ3n) is 2.72. The fourth-order valence-corrected chi connectivity index (χ4v) is 5.09. The quantitative estimate of drug-likeness (QED) is 0.663. The van der Waals surface area contributed by atoms with E-state index in [1.165, 1.54) is 12.1 Å². The van der Waals surface area contributed by atoms with E-state index in [-0.39, 0.29) is 14.5 Å². The number of alkyl halides is 3. The molecule has 0 saturated heterocycles. The SMILES string of the molecule is Fc1ccc(C2(CBr)CC2(Br)Br)cc1. The van der Waals surface area contributed by atoms with Crippen molar-refractivity contribution in [3.8, 4) is 0 Å². The Hall–Kier alpha value is 0.590. The van der Waals surface area contributed by atoms with E-state index in [2.05, 4.69) is 47.8 Å². The average Bonchev–Trinajstić information content (AvgIpc) is 2.71. The van der Waals surface area contributed by atoms with Crippen molar-refractivity contribution in [3.63, 3.8) is 0 Å². The van der Waals surface area contributed by atoms with Crippen molar-refractivity contribution in [2.45, 2.75) is 15.1 Å². The number of rotatable bonds is 2. The van der Waals surface area contributed by atoms with Gasteiger partial charge >= 0.3 is 0 Å². The van der Waals surface area contributed by atoms with E-state index in [0.29, 0.717) is 0 Å². The maximum atomic E-state index is 12.8. The van der Waals surface area contributed by atoms with Crippen LogP contribution in [-0.2, 0) is 5.41 Å². The predicted molar refractivity (Wildman–Crippen MR) is 67.1 cm³/mol.